The van der Waals surface area contributed by atoms with Crippen molar-refractivity contribution in [3.05, 3.63) is 0 Å². The highest BCUT2D eigenvalue weighted by Crippen LogP contribution is 1.96. The van der Waals surface area contributed by atoms with Crippen LogP contribution in [0.1, 0.15) is 26.2 Å². The van der Waals surface area contributed by atoms with Gasteiger partial charge in [0.05, 0.1) is 0 Å². The lowest BCUT2D eigenvalue weighted by molar-refractivity contribution is -0.143. The minimum atomic E-state index is -0.390. The minimum Gasteiger partial charge on any atom is -0.342 e. The largest absolute Gasteiger partial charge is 0.342 e. The second-order valence-electron chi connectivity index (χ2n) is 2.73. The third-order valence-corrected chi connectivity index (χ3v) is 1.40. The summed E-state index contributed by atoms with van der Waals surface area (Å²) in [5.41, 5.74) is 0. The molecule has 0 rings (SSSR count). The van der Waals surface area contributed by atoms with Gasteiger partial charge in [0, 0.05) is 20.5 Å². The van der Waals surface area contributed by atoms with Gasteiger partial charge in [0.1, 0.15) is 0 Å². The lowest BCUT2D eigenvalue weighted by Gasteiger charge is -2.07. The molecule has 64 valence electrons. The van der Waals surface area contributed by atoms with Crippen molar-refractivity contribution in [1.82, 2.24) is 4.90 Å². The van der Waals surface area contributed by atoms with Crippen molar-refractivity contribution >= 4 is 11.7 Å². The summed E-state index contributed by atoms with van der Waals surface area (Å²) in [6.45, 7) is 1.99. The van der Waals surface area contributed by atoms with Crippen LogP contribution in [0.15, 0.2) is 0 Å². The molecule has 0 aromatic rings. The van der Waals surface area contributed by atoms with Gasteiger partial charge in [-0.25, -0.2) is 0 Å². The van der Waals surface area contributed by atoms with Crippen LogP contribution >= 0.6 is 0 Å². The summed E-state index contributed by atoms with van der Waals surface area (Å²) in [4.78, 5) is 23.2. The van der Waals surface area contributed by atoms with E-state index in [-0.39, 0.29) is 5.78 Å². The molecule has 0 aliphatic carbocycles. The zero-order valence-electron chi connectivity index (χ0n) is 7.39. The molecule has 0 aromatic carbocycles. The molecule has 0 heterocycles. The Morgan fingerprint density at radius 3 is 2.18 bits per heavy atom. The molecule has 11 heavy (non-hydrogen) atoms. The number of amides is 1. The van der Waals surface area contributed by atoms with E-state index in [1.165, 1.54) is 4.90 Å². The first-order valence-electron chi connectivity index (χ1n) is 3.84. The second kappa shape index (κ2) is 4.88. The Balaban J connectivity index is 3.75. The number of ketones is 1. The Kier molecular flexibility index (Phi) is 4.50. The van der Waals surface area contributed by atoms with Crippen LogP contribution in [0.2, 0.25) is 0 Å². The quantitative estimate of drug-likeness (QED) is 0.567. The molecule has 3 heteroatoms. The van der Waals surface area contributed by atoms with Gasteiger partial charge in [0.2, 0.25) is 5.78 Å². The first-order valence-corrected chi connectivity index (χ1v) is 3.84. The van der Waals surface area contributed by atoms with Crippen molar-refractivity contribution in [3.8, 4) is 0 Å². The molecule has 0 saturated heterocycles. The molecule has 0 saturated carbocycles. The molecule has 0 spiro atoms. The molecule has 0 radical (unpaired) electrons. The predicted octanol–water partition coefficient (Wildman–Crippen LogP) is 0.834. The van der Waals surface area contributed by atoms with E-state index in [1.54, 1.807) is 14.1 Å². The monoisotopic (exact) mass is 157 g/mol. The van der Waals surface area contributed by atoms with Crippen molar-refractivity contribution in [2.24, 2.45) is 0 Å². The lowest BCUT2D eigenvalue weighted by atomic mass is 10.2. The SMILES string of the molecule is CCCCC(=O)C(=O)N(C)C. The van der Waals surface area contributed by atoms with Crippen molar-refractivity contribution in [2.75, 3.05) is 14.1 Å². The number of likely N-dealkylation sites (N-methyl/N-ethyl adjacent to an activating group) is 1. The third kappa shape index (κ3) is 3.75. The summed E-state index contributed by atoms with van der Waals surface area (Å²) >= 11 is 0. The number of carbonyl (C=O) groups excluding carboxylic acids is 2. The maximum absolute atomic E-state index is 11.0. The highest BCUT2D eigenvalue weighted by atomic mass is 16.2. The van der Waals surface area contributed by atoms with Gasteiger partial charge in [-0.15, -0.1) is 0 Å². The molecule has 0 N–H and O–H groups in total. The van der Waals surface area contributed by atoms with Crippen molar-refractivity contribution in [2.45, 2.75) is 26.2 Å². The molecule has 3 nitrogen and oxygen atoms in total. The van der Waals surface area contributed by atoms with Gasteiger partial charge in [0.25, 0.3) is 5.91 Å². The van der Waals surface area contributed by atoms with Gasteiger partial charge in [0.15, 0.2) is 0 Å². The summed E-state index contributed by atoms with van der Waals surface area (Å²) in [7, 11) is 3.18. The summed E-state index contributed by atoms with van der Waals surface area (Å²) < 4.78 is 0. The van der Waals surface area contributed by atoms with E-state index in [4.69, 9.17) is 0 Å². The van der Waals surface area contributed by atoms with Crippen molar-refractivity contribution in [1.29, 1.82) is 0 Å². The lowest BCUT2D eigenvalue weighted by Crippen LogP contribution is -2.29. The van der Waals surface area contributed by atoms with E-state index in [1.807, 2.05) is 6.92 Å². The maximum Gasteiger partial charge on any atom is 0.289 e. The molecule has 0 aromatic heterocycles. The Labute approximate surface area is 67.4 Å². The van der Waals surface area contributed by atoms with E-state index < -0.39 is 5.91 Å². The molecule has 0 unspecified atom stereocenters. The van der Waals surface area contributed by atoms with E-state index in [0.717, 1.165) is 12.8 Å². The van der Waals surface area contributed by atoms with Crippen LogP contribution in [0.25, 0.3) is 0 Å². The van der Waals surface area contributed by atoms with Crippen LogP contribution in [-0.2, 0) is 9.59 Å². The zero-order chi connectivity index (χ0) is 8.85. The Morgan fingerprint density at radius 1 is 1.27 bits per heavy atom. The molecule has 0 aliphatic heterocycles. The number of hydrogen-bond acceptors (Lipinski definition) is 2. The molecular formula is C8H15NO2. The van der Waals surface area contributed by atoms with Gasteiger partial charge in [-0.2, -0.15) is 0 Å². The van der Waals surface area contributed by atoms with Crippen molar-refractivity contribution < 1.29 is 9.59 Å². The van der Waals surface area contributed by atoms with Crippen molar-refractivity contribution in [3.63, 3.8) is 0 Å². The first-order chi connectivity index (χ1) is 5.09. The van der Waals surface area contributed by atoms with Gasteiger partial charge >= 0.3 is 0 Å². The van der Waals surface area contributed by atoms with Crippen LogP contribution < -0.4 is 0 Å². The van der Waals surface area contributed by atoms with Crippen LogP contribution in [0.5, 0.6) is 0 Å². The number of Topliss-reactive ketones (excluding diaryl/α,β-unsaturated/α-hetero) is 1. The molecule has 0 aliphatic rings. The average Bonchev–Trinajstić information content (AvgIpc) is 1.98. The van der Waals surface area contributed by atoms with Crippen LogP contribution in [0.4, 0.5) is 0 Å². The molecule has 0 fully saturated rings. The van der Waals surface area contributed by atoms with E-state index >= 15 is 0 Å². The molecule has 0 atom stereocenters. The van der Waals surface area contributed by atoms with Gasteiger partial charge in [-0.1, -0.05) is 13.3 Å². The topological polar surface area (TPSA) is 37.4 Å². The van der Waals surface area contributed by atoms with Crippen LogP contribution in [0, 0.1) is 0 Å². The second-order valence-corrected chi connectivity index (χ2v) is 2.73. The number of carbonyl (C=O) groups is 2. The predicted molar refractivity (Wildman–Crippen MR) is 43.2 cm³/mol. The number of nitrogens with zero attached hydrogens (tertiary/aromatic N) is 1. The fraction of sp³-hybridized carbons (Fsp3) is 0.750. The van der Waals surface area contributed by atoms with Gasteiger partial charge < -0.3 is 4.90 Å². The first kappa shape index (κ1) is 10.1. The average molecular weight is 157 g/mol. The number of unbranched alkanes of at least 4 members (excludes halogenated alkanes) is 1. The summed E-state index contributed by atoms with van der Waals surface area (Å²) in [6, 6.07) is 0. The summed E-state index contributed by atoms with van der Waals surface area (Å²) in [6.07, 6.45) is 2.14. The normalized spacial score (nSPS) is 9.36. The number of hydrogen-bond donors (Lipinski definition) is 0. The standard InChI is InChI=1S/C8H15NO2/c1-4-5-6-7(10)8(11)9(2)3/h4-6H2,1-3H3. The smallest absolute Gasteiger partial charge is 0.289 e. The summed E-state index contributed by atoms with van der Waals surface area (Å²) in [5.74, 6) is -0.671. The van der Waals surface area contributed by atoms with Gasteiger partial charge in [-0.05, 0) is 6.42 Å². The minimum absolute atomic E-state index is 0.281. The Bertz CT molecular complexity index is 152. The molecule has 0 bridgehead atoms. The Morgan fingerprint density at radius 2 is 1.82 bits per heavy atom. The Hall–Kier alpha value is -0.860. The fourth-order valence-corrected chi connectivity index (χ4v) is 0.694. The van der Waals surface area contributed by atoms with E-state index in [9.17, 15) is 9.59 Å². The molecule has 1 amide bonds. The number of rotatable bonds is 4. The fourth-order valence-electron chi connectivity index (χ4n) is 0.694. The van der Waals surface area contributed by atoms with Gasteiger partial charge in [-0.3, -0.25) is 9.59 Å². The van der Waals surface area contributed by atoms with E-state index in [2.05, 4.69) is 0 Å². The zero-order valence-corrected chi connectivity index (χ0v) is 7.39. The third-order valence-electron chi connectivity index (χ3n) is 1.40. The molecular weight excluding hydrogens is 142 g/mol. The maximum atomic E-state index is 11.0. The summed E-state index contributed by atoms with van der Waals surface area (Å²) in [5, 5.41) is 0. The van der Waals surface area contributed by atoms with Crippen LogP contribution in [-0.4, -0.2) is 30.7 Å². The highest BCUT2D eigenvalue weighted by Gasteiger charge is 2.13. The van der Waals surface area contributed by atoms with E-state index in [0.29, 0.717) is 6.42 Å². The highest BCUT2D eigenvalue weighted by molar-refractivity contribution is 6.35. The van der Waals surface area contributed by atoms with Crippen LogP contribution in [0.3, 0.4) is 0 Å².